The van der Waals surface area contributed by atoms with Crippen LogP contribution in [0.4, 0.5) is 5.82 Å². The number of nitrogens with zero attached hydrogens (tertiary/aromatic N) is 6. The van der Waals surface area contributed by atoms with Crippen LogP contribution in [0.2, 0.25) is 0 Å². The zero-order chi connectivity index (χ0) is 22.2. The second-order valence-electron chi connectivity index (χ2n) is 8.81. The van der Waals surface area contributed by atoms with Crippen LogP contribution in [0.15, 0.2) is 66.9 Å². The normalized spacial score (nSPS) is 16.7. The number of rotatable bonds is 4. The molecular formula is C26H26N6O. The minimum atomic E-state index is 0.0980. The number of carbonyl (C=O) groups excluding carboxylic acids is 1. The number of anilines is 1. The van der Waals surface area contributed by atoms with Crippen LogP contribution in [0, 0.1) is 0 Å². The van der Waals surface area contributed by atoms with Crippen molar-refractivity contribution in [2.24, 2.45) is 0 Å². The highest BCUT2D eigenvalue weighted by atomic mass is 16.2. The van der Waals surface area contributed by atoms with E-state index in [9.17, 15) is 4.79 Å². The van der Waals surface area contributed by atoms with E-state index in [2.05, 4.69) is 10.00 Å². The van der Waals surface area contributed by atoms with Crippen LogP contribution in [0.3, 0.4) is 0 Å². The average molecular weight is 439 g/mol. The number of hydrogen-bond acceptors (Lipinski definition) is 5. The van der Waals surface area contributed by atoms with Crippen molar-refractivity contribution in [2.45, 2.75) is 25.2 Å². The van der Waals surface area contributed by atoms with E-state index >= 15 is 0 Å². The van der Waals surface area contributed by atoms with Gasteiger partial charge in [0.05, 0.1) is 17.3 Å². The van der Waals surface area contributed by atoms with Crippen molar-refractivity contribution in [2.75, 3.05) is 31.1 Å². The molecule has 2 aliphatic rings. The Labute approximate surface area is 192 Å². The minimum absolute atomic E-state index is 0.0980. The Balaban J connectivity index is 1.33. The van der Waals surface area contributed by atoms with Gasteiger partial charge >= 0.3 is 0 Å². The van der Waals surface area contributed by atoms with E-state index < -0.39 is 0 Å². The van der Waals surface area contributed by atoms with Gasteiger partial charge in [-0.2, -0.15) is 5.10 Å². The Kier molecular flexibility index (Phi) is 5.02. The molecule has 3 heterocycles. The van der Waals surface area contributed by atoms with E-state index in [1.807, 2.05) is 76.4 Å². The highest BCUT2D eigenvalue weighted by molar-refractivity contribution is 5.94. The van der Waals surface area contributed by atoms with Crippen LogP contribution in [-0.2, 0) is 0 Å². The van der Waals surface area contributed by atoms with Crippen LogP contribution >= 0.6 is 0 Å². The molecule has 7 nitrogen and oxygen atoms in total. The Bertz CT molecular complexity index is 1280. The van der Waals surface area contributed by atoms with Gasteiger partial charge in [-0.25, -0.2) is 14.6 Å². The maximum Gasteiger partial charge on any atom is 0.253 e. The summed E-state index contributed by atoms with van der Waals surface area (Å²) in [6.07, 6.45) is 5.06. The largest absolute Gasteiger partial charge is 0.354 e. The van der Waals surface area contributed by atoms with Gasteiger partial charge in [0.1, 0.15) is 11.6 Å². The molecule has 7 heteroatoms. The first-order valence-electron chi connectivity index (χ1n) is 11.7. The van der Waals surface area contributed by atoms with Crippen molar-refractivity contribution < 1.29 is 4.79 Å². The summed E-state index contributed by atoms with van der Waals surface area (Å²) in [5.74, 6) is 2.39. The van der Waals surface area contributed by atoms with Gasteiger partial charge in [-0.3, -0.25) is 4.79 Å². The van der Waals surface area contributed by atoms with Crippen molar-refractivity contribution >= 4 is 22.8 Å². The highest BCUT2D eigenvalue weighted by Crippen LogP contribution is 2.40. The molecule has 4 aromatic rings. The van der Waals surface area contributed by atoms with E-state index in [0.29, 0.717) is 12.5 Å². The first-order valence-corrected chi connectivity index (χ1v) is 11.7. The van der Waals surface area contributed by atoms with Crippen LogP contribution in [-0.4, -0.2) is 56.7 Å². The molecule has 0 N–H and O–H groups in total. The molecule has 0 atom stereocenters. The van der Waals surface area contributed by atoms with Gasteiger partial charge in [0.15, 0.2) is 5.65 Å². The van der Waals surface area contributed by atoms with Crippen molar-refractivity contribution in [3.8, 4) is 5.69 Å². The van der Waals surface area contributed by atoms with Crippen LogP contribution < -0.4 is 4.90 Å². The molecule has 1 saturated heterocycles. The minimum Gasteiger partial charge on any atom is -0.354 e. The molecule has 1 aliphatic carbocycles. The van der Waals surface area contributed by atoms with Gasteiger partial charge in [0.2, 0.25) is 0 Å². The number of para-hydroxylation sites is 1. The fraction of sp³-hybridized carbons (Fsp3) is 0.308. The van der Waals surface area contributed by atoms with E-state index in [0.717, 1.165) is 72.8 Å². The van der Waals surface area contributed by atoms with Gasteiger partial charge in [-0.05, 0) is 43.5 Å². The zero-order valence-corrected chi connectivity index (χ0v) is 18.5. The molecular weight excluding hydrogens is 412 g/mol. The quantitative estimate of drug-likeness (QED) is 0.481. The lowest BCUT2D eigenvalue weighted by atomic mass is 10.2. The molecule has 0 bridgehead atoms. The molecule has 6 rings (SSSR count). The summed E-state index contributed by atoms with van der Waals surface area (Å²) in [7, 11) is 0. The summed E-state index contributed by atoms with van der Waals surface area (Å²) in [5, 5.41) is 5.64. The predicted molar refractivity (Wildman–Crippen MR) is 128 cm³/mol. The molecule has 1 amide bonds. The summed E-state index contributed by atoms with van der Waals surface area (Å²) in [4.78, 5) is 27.2. The number of aromatic nitrogens is 4. The van der Waals surface area contributed by atoms with Crippen molar-refractivity contribution in [1.82, 2.24) is 24.6 Å². The number of fused-ring (bicyclic) bond motifs is 1. The average Bonchev–Trinajstić information content (AvgIpc) is 3.67. The maximum absolute atomic E-state index is 13.0. The van der Waals surface area contributed by atoms with Gasteiger partial charge in [-0.1, -0.05) is 36.4 Å². The standard InChI is InChI=1S/C26H26N6O/c33-26(20-8-3-1-4-9-20)31-15-7-14-30(16-17-31)24-22-18-27-32(21-10-5-2-6-11-21)25(22)29-23(28-24)19-12-13-19/h1-6,8-11,18-19H,7,12-17H2. The molecule has 0 unspecified atom stereocenters. The fourth-order valence-corrected chi connectivity index (χ4v) is 4.53. The molecule has 33 heavy (non-hydrogen) atoms. The van der Waals surface area contributed by atoms with E-state index in [-0.39, 0.29) is 5.91 Å². The summed E-state index contributed by atoms with van der Waals surface area (Å²) < 4.78 is 1.91. The lowest BCUT2D eigenvalue weighted by molar-refractivity contribution is 0.0767. The number of amides is 1. The Hall–Kier alpha value is -3.74. The number of hydrogen-bond donors (Lipinski definition) is 0. The van der Waals surface area contributed by atoms with Crippen molar-refractivity contribution in [3.63, 3.8) is 0 Å². The second-order valence-corrected chi connectivity index (χ2v) is 8.81. The van der Waals surface area contributed by atoms with Gasteiger partial charge in [-0.15, -0.1) is 0 Å². The lowest BCUT2D eigenvalue weighted by Crippen LogP contribution is -2.35. The smallest absolute Gasteiger partial charge is 0.253 e. The van der Waals surface area contributed by atoms with E-state index in [4.69, 9.17) is 9.97 Å². The lowest BCUT2D eigenvalue weighted by Gasteiger charge is -2.24. The fourth-order valence-electron chi connectivity index (χ4n) is 4.53. The Morgan fingerprint density at radius 1 is 0.848 bits per heavy atom. The van der Waals surface area contributed by atoms with Crippen LogP contribution in [0.1, 0.15) is 41.4 Å². The van der Waals surface area contributed by atoms with Gasteiger partial charge < -0.3 is 9.80 Å². The van der Waals surface area contributed by atoms with Crippen molar-refractivity contribution in [1.29, 1.82) is 0 Å². The Morgan fingerprint density at radius 2 is 1.61 bits per heavy atom. The van der Waals surface area contributed by atoms with Gasteiger partial charge in [0.25, 0.3) is 5.91 Å². The second kappa shape index (κ2) is 8.31. The highest BCUT2D eigenvalue weighted by Gasteiger charge is 2.30. The molecule has 166 valence electrons. The Morgan fingerprint density at radius 3 is 2.36 bits per heavy atom. The molecule has 0 radical (unpaired) electrons. The molecule has 2 aromatic carbocycles. The SMILES string of the molecule is O=C(c1ccccc1)N1CCCN(c2nc(C3CC3)nc3c2cnn3-c2ccccc2)CC1. The first-order chi connectivity index (χ1) is 16.3. The number of benzene rings is 2. The molecule has 1 aliphatic heterocycles. The third-order valence-electron chi connectivity index (χ3n) is 6.47. The molecule has 2 aromatic heterocycles. The van der Waals surface area contributed by atoms with E-state index in [1.54, 1.807) is 0 Å². The maximum atomic E-state index is 13.0. The summed E-state index contributed by atoms with van der Waals surface area (Å²) in [5.41, 5.74) is 2.60. The number of carbonyl (C=O) groups is 1. The third-order valence-corrected chi connectivity index (χ3v) is 6.47. The van der Waals surface area contributed by atoms with E-state index in [1.165, 1.54) is 0 Å². The third kappa shape index (κ3) is 3.84. The molecule has 2 fully saturated rings. The topological polar surface area (TPSA) is 67.2 Å². The molecule has 0 spiro atoms. The molecule has 1 saturated carbocycles. The summed E-state index contributed by atoms with van der Waals surface area (Å²) in [6, 6.07) is 19.7. The summed E-state index contributed by atoms with van der Waals surface area (Å²) in [6.45, 7) is 3.01. The van der Waals surface area contributed by atoms with Crippen LogP contribution in [0.25, 0.3) is 16.7 Å². The van der Waals surface area contributed by atoms with Crippen molar-refractivity contribution in [3.05, 3.63) is 78.2 Å². The van der Waals surface area contributed by atoms with Gasteiger partial charge in [0, 0.05) is 37.7 Å². The first kappa shape index (κ1) is 19.9. The predicted octanol–water partition coefficient (Wildman–Crippen LogP) is 4.05. The monoisotopic (exact) mass is 438 g/mol. The van der Waals surface area contributed by atoms with Crippen LogP contribution in [0.5, 0.6) is 0 Å². The summed E-state index contributed by atoms with van der Waals surface area (Å²) >= 11 is 0. The zero-order valence-electron chi connectivity index (χ0n) is 18.5.